The number of hydrogen-bond donors (Lipinski definition) is 0. The third-order valence-electron chi connectivity index (χ3n) is 6.17. The number of benzene rings is 1. The average Bonchev–Trinajstić information content (AvgIpc) is 3.17. The summed E-state index contributed by atoms with van der Waals surface area (Å²) in [4.78, 5) is 15.5. The summed E-state index contributed by atoms with van der Waals surface area (Å²) in [6, 6.07) is 6.52. The first kappa shape index (κ1) is 15.1. The largest absolute Gasteiger partial charge is 0.381 e. The molecule has 2 saturated heterocycles. The summed E-state index contributed by atoms with van der Waals surface area (Å²) in [5, 5.41) is 0. The van der Waals surface area contributed by atoms with Crippen LogP contribution in [0.1, 0.15) is 37.7 Å². The maximum atomic E-state index is 13.4. The van der Waals surface area contributed by atoms with Gasteiger partial charge >= 0.3 is 0 Å². The van der Waals surface area contributed by atoms with Gasteiger partial charge in [-0.3, -0.25) is 4.79 Å². The first-order valence-corrected chi connectivity index (χ1v) is 8.82. The molecule has 0 N–H and O–H groups in total. The Morgan fingerprint density at radius 3 is 2.30 bits per heavy atom. The fourth-order valence-corrected chi connectivity index (χ4v) is 4.82. The van der Waals surface area contributed by atoms with Crippen LogP contribution in [0.2, 0.25) is 0 Å². The van der Waals surface area contributed by atoms with E-state index in [0.29, 0.717) is 37.9 Å². The van der Waals surface area contributed by atoms with Crippen molar-refractivity contribution in [2.75, 3.05) is 26.3 Å². The number of ether oxygens (including phenoxy) is 1. The van der Waals surface area contributed by atoms with Crippen molar-refractivity contribution in [3.63, 3.8) is 0 Å². The van der Waals surface area contributed by atoms with Crippen molar-refractivity contribution >= 4 is 5.91 Å². The van der Waals surface area contributed by atoms with Gasteiger partial charge in [-0.25, -0.2) is 4.39 Å². The van der Waals surface area contributed by atoms with Gasteiger partial charge in [0, 0.05) is 26.3 Å². The summed E-state index contributed by atoms with van der Waals surface area (Å²) >= 11 is 0. The standard InChI is InChI=1S/C19H24FNO2/c20-17-6-4-16(5-7-17)19(8-10-23-11-9-19)18(22)21-12-14-2-1-3-15(14)13-21/h4-7,14-15H,1-3,8-13H2. The molecule has 2 heterocycles. The van der Waals surface area contributed by atoms with E-state index in [0.717, 1.165) is 18.7 Å². The van der Waals surface area contributed by atoms with Crippen LogP contribution >= 0.6 is 0 Å². The van der Waals surface area contributed by atoms with Crippen molar-refractivity contribution in [3.05, 3.63) is 35.6 Å². The van der Waals surface area contributed by atoms with Crippen LogP contribution in [0.3, 0.4) is 0 Å². The van der Waals surface area contributed by atoms with Gasteiger partial charge in [-0.2, -0.15) is 0 Å². The predicted octanol–water partition coefficient (Wildman–Crippen LogP) is 3.13. The summed E-state index contributed by atoms with van der Waals surface area (Å²) in [6.07, 6.45) is 5.24. The molecule has 124 valence electrons. The molecule has 1 aromatic rings. The van der Waals surface area contributed by atoms with Crippen LogP contribution in [-0.2, 0) is 14.9 Å². The van der Waals surface area contributed by atoms with E-state index in [1.54, 1.807) is 12.1 Å². The smallest absolute Gasteiger partial charge is 0.233 e. The van der Waals surface area contributed by atoms with E-state index in [1.165, 1.54) is 31.4 Å². The zero-order valence-electron chi connectivity index (χ0n) is 13.5. The second-order valence-electron chi connectivity index (χ2n) is 7.36. The number of halogens is 1. The molecule has 0 radical (unpaired) electrons. The second kappa shape index (κ2) is 5.90. The SMILES string of the molecule is O=C(N1CC2CCCC2C1)C1(c2ccc(F)cc2)CCOCC1. The Labute approximate surface area is 136 Å². The number of amides is 1. The Morgan fingerprint density at radius 1 is 1.09 bits per heavy atom. The lowest BCUT2D eigenvalue weighted by Gasteiger charge is -2.39. The lowest BCUT2D eigenvalue weighted by atomic mass is 9.73. The molecule has 2 aliphatic heterocycles. The molecule has 4 heteroatoms. The Kier molecular flexibility index (Phi) is 3.88. The van der Waals surface area contributed by atoms with E-state index in [4.69, 9.17) is 4.74 Å². The zero-order valence-corrected chi connectivity index (χ0v) is 13.5. The van der Waals surface area contributed by atoms with Crippen LogP contribution in [0.5, 0.6) is 0 Å². The maximum absolute atomic E-state index is 13.4. The van der Waals surface area contributed by atoms with Gasteiger partial charge in [0.2, 0.25) is 5.91 Å². The molecule has 3 nitrogen and oxygen atoms in total. The number of likely N-dealkylation sites (tertiary alicyclic amines) is 1. The quantitative estimate of drug-likeness (QED) is 0.839. The van der Waals surface area contributed by atoms with Gasteiger partial charge in [-0.05, 0) is 55.2 Å². The molecule has 3 aliphatic rings. The van der Waals surface area contributed by atoms with Crippen molar-refractivity contribution in [3.8, 4) is 0 Å². The highest BCUT2D eigenvalue weighted by Crippen LogP contribution is 2.42. The molecule has 0 aromatic heterocycles. The van der Waals surface area contributed by atoms with Crippen molar-refractivity contribution in [2.24, 2.45) is 11.8 Å². The highest BCUT2D eigenvalue weighted by molar-refractivity contribution is 5.88. The van der Waals surface area contributed by atoms with Gasteiger partial charge in [0.15, 0.2) is 0 Å². The minimum absolute atomic E-state index is 0.238. The van der Waals surface area contributed by atoms with Gasteiger partial charge in [0.1, 0.15) is 5.82 Å². The molecular weight excluding hydrogens is 293 g/mol. The van der Waals surface area contributed by atoms with Gasteiger partial charge in [0.05, 0.1) is 5.41 Å². The topological polar surface area (TPSA) is 29.5 Å². The van der Waals surface area contributed by atoms with E-state index in [1.807, 2.05) is 0 Å². The predicted molar refractivity (Wildman–Crippen MR) is 85.5 cm³/mol. The lowest BCUT2D eigenvalue weighted by Crippen LogP contribution is -2.49. The average molecular weight is 317 g/mol. The molecule has 2 unspecified atom stereocenters. The molecule has 3 fully saturated rings. The van der Waals surface area contributed by atoms with E-state index in [2.05, 4.69) is 4.90 Å². The van der Waals surface area contributed by atoms with Crippen LogP contribution in [0.15, 0.2) is 24.3 Å². The number of carbonyl (C=O) groups excluding carboxylic acids is 1. The van der Waals surface area contributed by atoms with Crippen molar-refractivity contribution in [1.29, 1.82) is 0 Å². The second-order valence-corrected chi connectivity index (χ2v) is 7.36. The Bertz CT molecular complexity index is 568. The van der Waals surface area contributed by atoms with Crippen molar-refractivity contribution in [2.45, 2.75) is 37.5 Å². The van der Waals surface area contributed by atoms with Gasteiger partial charge < -0.3 is 9.64 Å². The molecule has 4 rings (SSSR count). The molecule has 1 amide bonds. The minimum atomic E-state index is -0.523. The first-order valence-electron chi connectivity index (χ1n) is 8.82. The van der Waals surface area contributed by atoms with Crippen LogP contribution in [0.4, 0.5) is 4.39 Å². The summed E-state index contributed by atoms with van der Waals surface area (Å²) in [6.45, 7) is 3.02. The van der Waals surface area contributed by atoms with E-state index in [-0.39, 0.29) is 11.7 Å². The summed E-state index contributed by atoms with van der Waals surface area (Å²) in [7, 11) is 0. The number of hydrogen-bond acceptors (Lipinski definition) is 2. The molecule has 2 atom stereocenters. The fourth-order valence-electron chi connectivity index (χ4n) is 4.82. The summed E-state index contributed by atoms with van der Waals surface area (Å²) in [5.74, 6) is 1.38. The van der Waals surface area contributed by atoms with Crippen LogP contribution < -0.4 is 0 Å². The molecule has 0 spiro atoms. The number of fused-ring (bicyclic) bond motifs is 1. The van der Waals surface area contributed by atoms with Crippen molar-refractivity contribution < 1.29 is 13.9 Å². The van der Waals surface area contributed by atoms with Crippen LogP contribution in [-0.4, -0.2) is 37.1 Å². The minimum Gasteiger partial charge on any atom is -0.381 e. The normalized spacial score (nSPS) is 29.5. The highest BCUT2D eigenvalue weighted by atomic mass is 19.1. The molecular formula is C19H24FNO2. The fraction of sp³-hybridized carbons (Fsp3) is 0.632. The third-order valence-corrected chi connectivity index (χ3v) is 6.17. The summed E-state index contributed by atoms with van der Waals surface area (Å²) in [5.41, 5.74) is 0.425. The lowest BCUT2D eigenvalue weighted by molar-refractivity contribution is -0.140. The number of nitrogens with zero attached hydrogens (tertiary/aromatic N) is 1. The van der Waals surface area contributed by atoms with E-state index in [9.17, 15) is 9.18 Å². The summed E-state index contributed by atoms with van der Waals surface area (Å²) < 4.78 is 18.8. The van der Waals surface area contributed by atoms with Crippen LogP contribution in [0.25, 0.3) is 0 Å². The Hall–Kier alpha value is -1.42. The van der Waals surface area contributed by atoms with Gasteiger partial charge in [-0.1, -0.05) is 18.6 Å². The number of rotatable bonds is 2. The molecule has 1 saturated carbocycles. The first-order chi connectivity index (χ1) is 11.2. The molecule has 1 aromatic carbocycles. The van der Waals surface area contributed by atoms with E-state index < -0.39 is 5.41 Å². The Balaban J connectivity index is 1.63. The monoisotopic (exact) mass is 317 g/mol. The maximum Gasteiger partial charge on any atom is 0.233 e. The number of carbonyl (C=O) groups is 1. The van der Waals surface area contributed by atoms with Gasteiger partial charge in [0.25, 0.3) is 0 Å². The van der Waals surface area contributed by atoms with Gasteiger partial charge in [-0.15, -0.1) is 0 Å². The molecule has 23 heavy (non-hydrogen) atoms. The van der Waals surface area contributed by atoms with Crippen LogP contribution in [0, 0.1) is 17.7 Å². The molecule has 1 aliphatic carbocycles. The third kappa shape index (κ3) is 2.57. The highest BCUT2D eigenvalue weighted by Gasteiger charge is 2.47. The zero-order chi connectivity index (χ0) is 15.9. The van der Waals surface area contributed by atoms with Crippen molar-refractivity contribution in [1.82, 2.24) is 4.90 Å². The Morgan fingerprint density at radius 2 is 1.70 bits per heavy atom. The molecule has 0 bridgehead atoms. The van der Waals surface area contributed by atoms with E-state index >= 15 is 0 Å².